The highest BCUT2D eigenvalue weighted by atomic mass is 19.1. The van der Waals surface area contributed by atoms with E-state index in [1.54, 1.807) is 13.1 Å². The minimum atomic E-state index is -0.403. The molecule has 1 aromatic heterocycles. The van der Waals surface area contributed by atoms with Gasteiger partial charge in [-0.1, -0.05) is 6.07 Å². The molecule has 0 saturated carbocycles. The van der Waals surface area contributed by atoms with Crippen molar-refractivity contribution in [2.75, 3.05) is 13.7 Å². The molecule has 1 N–H and O–H groups in total. The summed E-state index contributed by atoms with van der Waals surface area (Å²) in [6, 6.07) is 5.65. The van der Waals surface area contributed by atoms with E-state index < -0.39 is 5.82 Å². The van der Waals surface area contributed by atoms with Gasteiger partial charge in [0.05, 0.1) is 6.54 Å². The fourth-order valence-electron chi connectivity index (χ4n) is 1.43. The lowest BCUT2D eigenvalue weighted by atomic mass is 10.3. The summed E-state index contributed by atoms with van der Waals surface area (Å²) < 4.78 is 18.1. The Morgan fingerprint density at radius 1 is 1.53 bits per heavy atom. The molecule has 1 aromatic carbocycles. The van der Waals surface area contributed by atoms with Crippen LogP contribution in [0.25, 0.3) is 0 Å². The Bertz CT molecular complexity index is 544. The number of nitrogens with zero attached hydrogens (tertiary/aromatic N) is 3. The zero-order valence-corrected chi connectivity index (χ0v) is 10.3. The van der Waals surface area contributed by atoms with Crippen LogP contribution in [0.3, 0.4) is 0 Å². The number of benzene rings is 1. The number of ether oxygens (including phenoxy) is 1. The van der Waals surface area contributed by atoms with E-state index >= 15 is 0 Å². The van der Waals surface area contributed by atoms with Crippen LogP contribution in [-0.2, 0) is 11.3 Å². The Balaban J connectivity index is 1.84. The van der Waals surface area contributed by atoms with E-state index in [9.17, 15) is 9.18 Å². The quantitative estimate of drug-likeness (QED) is 0.874. The molecule has 0 spiro atoms. The first-order valence-corrected chi connectivity index (χ1v) is 5.62. The highest BCUT2D eigenvalue weighted by molar-refractivity contribution is 5.77. The second-order valence-electron chi connectivity index (χ2n) is 3.93. The van der Waals surface area contributed by atoms with Crippen molar-refractivity contribution in [2.45, 2.75) is 6.54 Å². The van der Waals surface area contributed by atoms with E-state index in [0.29, 0.717) is 18.1 Å². The average Bonchev–Trinajstić information content (AvgIpc) is 2.89. The first-order valence-electron chi connectivity index (χ1n) is 5.62. The van der Waals surface area contributed by atoms with Gasteiger partial charge in [-0.15, -0.1) is 0 Å². The molecule has 0 unspecified atom stereocenters. The number of amides is 1. The number of aromatic amines is 1. The van der Waals surface area contributed by atoms with E-state index in [0.717, 1.165) is 0 Å². The minimum absolute atomic E-state index is 0.159. The van der Waals surface area contributed by atoms with Crippen molar-refractivity contribution >= 4 is 5.91 Å². The van der Waals surface area contributed by atoms with Crippen LogP contribution in [-0.4, -0.2) is 39.6 Å². The standard InChI is InChI=1S/C12H13FN4O2/c1-17(6-11-14-8-15-16-11)12(18)7-19-10-4-2-3-9(13)5-10/h2-5,8H,6-7H2,1H3,(H,14,15,16). The SMILES string of the molecule is CN(Cc1ncn[nH]1)C(=O)COc1cccc(F)c1. The number of halogens is 1. The van der Waals surface area contributed by atoms with E-state index in [-0.39, 0.29) is 12.5 Å². The molecule has 0 fully saturated rings. The molecule has 100 valence electrons. The highest BCUT2D eigenvalue weighted by Gasteiger charge is 2.11. The molecule has 0 bridgehead atoms. The molecule has 2 aromatic rings. The fourth-order valence-corrected chi connectivity index (χ4v) is 1.43. The van der Waals surface area contributed by atoms with Gasteiger partial charge in [-0.25, -0.2) is 9.37 Å². The predicted octanol–water partition coefficient (Wildman–Crippen LogP) is 0.981. The van der Waals surface area contributed by atoms with Crippen molar-refractivity contribution in [3.8, 4) is 5.75 Å². The predicted molar refractivity (Wildman–Crippen MR) is 64.8 cm³/mol. The van der Waals surface area contributed by atoms with Crippen molar-refractivity contribution in [3.05, 3.63) is 42.2 Å². The van der Waals surface area contributed by atoms with Gasteiger partial charge in [-0.05, 0) is 12.1 Å². The fraction of sp³-hybridized carbons (Fsp3) is 0.250. The summed E-state index contributed by atoms with van der Waals surface area (Å²) in [4.78, 5) is 17.1. The Hall–Kier alpha value is -2.44. The van der Waals surface area contributed by atoms with Crippen LogP contribution in [0.15, 0.2) is 30.6 Å². The maximum atomic E-state index is 12.9. The molecule has 0 atom stereocenters. The molecular formula is C12H13FN4O2. The summed E-state index contributed by atoms with van der Waals surface area (Å²) in [5.41, 5.74) is 0. The molecular weight excluding hydrogens is 251 g/mol. The molecule has 0 aliphatic heterocycles. The van der Waals surface area contributed by atoms with Gasteiger partial charge in [-0.3, -0.25) is 9.89 Å². The van der Waals surface area contributed by atoms with Gasteiger partial charge in [0.2, 0.25) is 0 Å². The van der Waals surface area contributed by atoms with Crippen molar-refractivity contribution < 1.29 is 13.9 Å². The lowest BCUT2D eigenvalue weighted by Crippen LogP contribution is -2.31. The Kier molecular flexibility index (Phi) is 4.07. The number of rotatable bonds is 5. The van der Waals surface area contributed by atoms with Gasteiger partial charge in [0.25, 0.3) is 5.91 Å². The topological polar surface area (TPSA) is 71.1 Å². The zero-order valence-electron chi connectivity index (χ0n) is 10.3. The van der Waals surface area contributed by atoms with E-state index in [1.807, 2.05) is 0 Å². The molecule has 2 rings (SSSR count). The monoisotopic (exact) mass is 264 g/mol. The van der Waals surface area contributed by atoms with Gasteiger partial charge in [-0.2, -0.15) is 5.10 Å². The van der Waals surface area contributed by atoms with Gasteiger partial charge in [0.1, 0.15) is 23.7 Å². The van der Waals surface area contributed by atoms with Gasteiger partial charge >= 0.3 is 0 Å². The van der Waals surface area contributed by atoms with E-state index in [2.05, 4.69) is 15.2 Å². The Morgan fingerprint density at radius 2 is 2.37 bits per heavy atom. The number of carbonyl (C=O) groups is 1. The van der Waals surface area contributed by atoms with Crippen LogP contribution >= 0.6 is 0 Å². The summed E-state index contributed by atoms with van der Waals surface area (Å²) in [5.74, 6) is 0.267. The van der Waals surface area contributed by atoms with Crippen molar-refractivity contribution in [1.29, 1.82) is 0 Å². The normalized spacial score (nSPS) is 10.2. The summed E-state index contributed by atoms with van der Waals surface area (Å²) in [6.45, 7) is 0.152. The molecule has 0 saturated heterocycles. The Labute approximate surface area is 109 Å². The largest absolute Gasteiger partial charge is 0.484 e. The van der Waals surface area contributed by atoms with Crippen molar-refractivity contribution in [1.82, 2.24) is 20.1 Å². The summed E-state index contributed by atoms with van der Waals surface area (Å²) in [7, 11) is 1.62. The first kappa shape index (κ1) is 13.0. The number of nitrogens with one attached hydrogen (secondary N) is 1. The van der Waals surface area contributed by atoms with Crippen LogP contribution in [0.2, 0.25) is 0 Å². The second-order valence-corrected chi connectivity index (χ2v) is 3.93. The van der Waals surface area contributed by atoms with Crippen LogP contribution in [0.1, 0.15) is 5.82 Å². The number of hydrogen-bond donors (Lipinski definition) is 1. The number of carbonyl (C=O) groups excluding carboxylic acids is 1. The van der Waals surface area contributed by atoms with E-state index in [4.69, 9.17) is 4.74 Å². The summed E-state index contributed by atoms with van der Waals surface area (Å²) >= 11 is 0. The first-order chi connectivity index (χ1) is 9.15. The second kappa shape index (κ2) is 5.94. The molecule has 7 heteroatoms. The molecule has 1 heterocycles. The van der Waals surface area contributed by atoms with Crippen molar-refractivity contribution in [3.63, 3.8) is 0 Å². The highest BCUT2D eigenvalue weighted by Crippen LogP contribution is 2.11. The third-order valence-electron chi connectivity index (χ3n) is 2.44. The zero-order chi connectivity index (χ0) is 13.7. The van der Waals surface area contributed by atoms with Gasteiger partial charge in [0.15, 0.2) is 6.61 Å². The number of aromatic nitrogens is 3. The lowest BCUT2D eigenvalue weighted by molar-refractivity contribution is -0.132. The van der Waals surface area contributed by atoms with Crippen LogP contribution in [0.5, 0.6) is 5.75 Å². The number of hydrogen-bond acceptors (Lipinski definition) is 4. The third-order valence-corrected chi connectivity index (χ3v) is 2.44. The summed E-state index contributed by atoms with van der Waals surface area (Å²) in [6.07, 6.45) is 1.37. The molecule has 0 radical (unpaired) electrons. The number of likely N-dealkylation sites (N-methyl/N-ethyl adjacent to an activating group) is 1. The molecule has 6 nitrogen and oxygen atoms in total. The van der Waals surface area contributed by atoms with Crippen LogP contribution in [0.4, 0.5) is 4.39 Å². The minimum Gasteiger partial charge on any atom is -0.484 e. The molecule has 0 aliphatic rings. The maximum absolute atomic E-state index is 12.9. The maximum Gasteiger partial charge on any atom is 0.260 e. The lowest BCUT2D eigenvalue weighted by Gasteiger charge is -2.15. The Morgan fingerprint density at radius 3 is 3.05 bits per heavy atom. The molecule has 0 aliphatic carbocycles. The molecule has 1 amide bonds. The van der Waals surface area contributed by atoms with Gasteiger partial charge in [0, 0.05) is 13.1 Å². The van der Waals surface area contributed by atoms with Crippen LogP contribution < -0.4 is 4.74 Å². The molecule has 19 heavy (non-hydrogen) atoms. The number of H-pyrrole nitrogens is 1. The average molecular weight is 264 g/mol. The third kappa shape index (κ3) is 3.77. The summed E-state index contributed by atoms with van der Waals surface area (Å²) in [5, 5.41) is 6.35. The van der Waals surface area contributed by atoms with Gasteiger partial charge < -0.3 is 9.64 Å². The van der Waals surface area contributed by atoms with Crippen molar-refractivity contribution in [2.24, 2.45) is 0 Å². The van der Waals surface area contributed by atoms with Crippen LogP contribution in [0, 0.1) is 5.82 Å². The van der Waals surface area contributed by atoms with E-state index in [1.165, 1.54) is 29.4 Å². The smallest absolute Gasteiger partial charge is 0.260 e.